The zero-order chi connectivity index (χ0) is 38.4. The summed E-state index contributed by atoms with van der Waals surface area (Å²) >= 11 is 7.76. The predicted molar refractivity (Wildman–Crippen MR) is 201 cm³/mol. The lowest BCUT2D eigenvalue weighted by atomic mass is 10.00. The van der Waals surface area contributed by atoms with E-state index in [4.69, 9.17) is 16.6 Å². The van der Waals surface area contributed by atoms with E-state index < -0.39 is 35.8 Å². The van der Waals surface area contributed by atoms with Gasteiger partial charge in [0.05, 0.1) is 33.5 Å². The van der Waals surface area contributed by atoms with Crippen molar-refractivity contribution in [2.75, 3.05) is 0 Å². The highest BCUT2D eigenvalue weighted by molar-refractivity contribution is 7.15. The number of alkyl halides is 1. The normalized spacial score (nSPS) is 17.7. The molecule has 276 valence electrons. The molecule has 1 unspecified atom stereocenters. The maximum absolute atomic E-state index is 15.8. The van der Waals surface area contributed by atoms with Gasteiger partial charge in [0, 0.05) is 48.3 Å². The third kappa shape index (κ3) is 6.43. The summed E-state index contributed by atoms with van der Waals surface area (Å²) in [7, 11) is 0. The molecule has 3 aliphatic rings. The van der Waals surface area contributed by atoms with Crippen molar-refractivity contribution in [1.29, 1.82) is 0 Å². The summed E-state index contributed by atoms with van der Waals surface area (Å²) in [5, 5.41) is 19.8. The number of aliphatic imine (C=N–C) groups is 1. The van der Waals surface area contributed by atoms with E-state index in [1.54, 1.807) is 40.5 Å². The summed E-state index contributed by atoms with van der Waals surface area (Å²) in [6.07, 6.45) is 6.95. The lowest BCUT2D eigenvalue weighted by Crippen LogP contribution is -2.61. The Hall–Kier alpha value is -6.24. The van der Waals surface area contributed by atoms with Crippen molar-refractivity contribution in [2.24, 2.45) is 4.99 Å². The summed E-state index contributed by atoms with van der Waals surface area (Å²) in [5.74, 6) is 1.42. The molecule has 16 heteroatoms. The Morgan fingerprint density at radius 1 is 1.05 bits per heavy atom. The van der Waals surface area contributed by atoms with Gasteiger partial charge in [-0.2, -0.15) is 5.10 Å². The first-order valence-electron chi connectivity index (χ1n) is 17.4. The number of benzene rings is 2. The Bertz CT molecular complexity index is 2560. The van der Waals surface area contributed by atoms with E-state index in [2.05, 4.69) is 43.9 Å². The summed E-state index contributed by atoms with van der Waals surface area (Å²) in [4.78, 5) is 56.5. The molecule has 3 aromatic heterocycles. The fourth-order valence-corrected chi connectivity index (χ4v) is 8.19. The van der Waals surface area contributed by atoms with Crippen molar-refractivity contribution in [3.63, 3.8) is 0 Å². The van der Waals surface area contributed by atoms with Gasteiger partial charge in [-0.1, -0.05) is 53.8 Å². The number of carbonyl (C=O) groups excluding carboxylic acids is 4. The number of allylic oxidation sites excluding steroid dienone is 1. The highest BCUT2D eigenvalue weighted by Crippen LogP contribution is 2.38. The van der Waals surface area contributed by atoms with Crippen LogP contribution in [-0.2, 0) is 29.2 Å². The Morgan fingerprint density at radius 3 is 2.67 bits per heavy atom. The summed E-state index contributed by atoms with van der Waals surface area (Å²) < 4.78 is 19.6. The van der Waals surface area contributed by atoms with Crippen molar-refractivity contribution in [3.8, 4) is 16.8 Å². The lowest BCUT2D eigenvalue weighted by molar-refractivity contribution is -0.151. The third-order valence-electron chi connectivity index (χ3n) is 9.60. The highest BCUT2D eigenvalue weighted by Gasteiger charge is 2.57. The minimum absolute atomic E-state index is 0.00754. The number of rotatable bonds is 8. The van der Waals surface area contributed by atoms with Crippen LogP contribution in [0.15, 0.2) is 72.1 Å². The minimum Gasteiger partial charge on any atom is -0.387 e. The molecular formula is C39H31ClFN9O4S. The molecule has 0 spiro atoms. The molecule has 0 radical (unpaired) electrons. The van der Waals surface area contributed by atoms with Crippen LogP contribution in [0.3, 0.4) is 0 Å². The molecule has 8 rings (SSSR count). The summed E-state index contributed by atoms with van der Waals surface area (Å²) in [5.41, 5.74) is 5.09. The number of hydrogen-bond donors (Lipinski definition) is 2. The Labute approximate surface area is 322 Å². The second-order valence-electron chi connectivity index (χ2n) is 13.1. The molecule has 0 bridgehead atoms. The monoisotopic (exact) mass is 775 g/mol. The zero-order valence-corrected chi connectivity index (χ0v) is 31.1. The lowest BCUT2D eigenvalue weighted by Gasteiger charge is -2.34. The first-order valence-corrected chi connectivity index (χ1v) is 18.5. The highest BCUT2D eigenvalue weighted by atomic mass is 35.5. The van der Waals surface area contributed by atoms with E-state index in [9.17, 15) is 19.2 Å². The predicted octanol–water partition coefficient (Wildman–Crippen LogP) is 4.94. The number of imide groups is 2. The van der Waals surface area contributed by atoms with Crippen molar-refractivity contribution in [3.05, 3.63) is 128 Å². The number of carbonyl (C=O) groups is 4. The molecule has 4 amide bonds. The molecule has 5 aromatic rings. The Kier molecular flexibility index (Phi) is 9.23. The molecule has 1 atom stereocenters. The average Bonchev–Trinajstić information content (AvgIpc) is 3.90. The first kappa shape index (κ1) is 35.8. The van der Waals surface area contributed by atoms with Gasteiger partial charge in [0.25, 0.3) is 23.5 Å². The third-order valence-corrected chi connectivity index (χ3v) is 11.0. The van der Waals surface area contributed by atoms with Crippen molar-refractivity contribution < 1.29 is 23.6 Å². The number of nitrogens with one attached hydrogen (secondary N) is 2. The second kappa shape index (κ2) is 14.2. The fraction of sp³-hybridized carbons (Fsp3) is 0.231. The molecule has 2 aromatic carbocycles. The van der Waals surface area contributed by atoms with Crippen LogP contribution in [-0.4, -0.2) is 64.6 Å². The molecule has 6 heterocycles. The maximum Gasteiger partial charge on any atom is 0.285 e. The molecular weight excluding hydrogens is 745 g/mol. The molecule has 3 aliphatic heterocycles. The number of halogens is 2. The standard InChI is InChI=1S/C39H31ClFN9O4S/c1-22-29(55-37-32(22)34(25-9-11-27(40)12-10-25)43-20-30-47-46-23(2)49(30)37)13-8-24-18-44-48(21-24)17-4-3-16-42-19-26-6-5-7-28-33(26)36(53)50(35(28)52)39(41)15-14-31(51)45-38(39)54/h3,5-7,9-12,16,18,21,42H,4,14-15,17,19-20H2,1-2H3,(H,45,51,54)/b16-3+. The minimum atomic E-state index is -2.94. The number of amides is 4. The average molecular weight is 776 g/mol. The summed E-state index contributed by atoms with van der Waals surface area (Å²) in [6, 6.07) is 12.3. The van der Waals surface area contributed by atoms with E-state index in [1.165, 1.54) is 6.07 Å². The molecule has 1 saturated heterocycles. The molecule has 0 aliphatic carbocycles. The molecule has 55 heavy (non-hydrogen) atoms. The number of fused-ring (bicyclic) bond motifs is 4. The fourth-order valence-electron chi connectivity index (χ4n) is 6.84. The molecule has 1 fully saturated rings. The quantitative estimate of drug-likeness (QED) is 0.128. The van der Waals surface area contributed by atoms with Crippen molar-refractivity contribution in [2.45, 2.75) is 58.5 Å². The SMILES string of the molecule is Cc1c(C#Cc2cnn(CC/C=C/NCc3cccc4c3C(=O)N(C3(F)CCC(=O)NC3=O)C4=O)c2)sc2c1C(c1ccc(Cl)cc1)=NCc1nnc(C)n1-2. The molecule has 2 N–H and O–H groups in total. The number of hydrogen-bond acceptors (Lipinski definition) is 10. The largest absolute Gasteiger partial charge is 0.387 e. The number of aryl methyl sites for hydroxylation is 2. The van der Waals surface area contributed by atoms with E-state index >= 15 is 4.39 Å². The molecule has 0 saturated carbocycles. The van der Waals surface area contributed by atoms with Gasteiger partial charge < -0.3 is 5.32 Å². The van der Waals surface area contributed by atoms with Crippen LogP contribution >= 0.6 is 22.9 Å². The maximum atomic E-state index is 15.8. The van der Waals surface area contributed by atoms with Gasteiger partial charge in [-0.25, -0.2) is 9.29 Å². The smallest absolute Gasteiger partial charge is 0.285 e. The van der Waals surface area contributed by atoms with Crippen LogP contribution in [0.25, 0.3) is 5.00 Å². The number of piperidine rings is 1. The second-order valence-corrected chi connectivity index (χ2v) is 14.6. The number of nitrogens with zero attached hydrogens (tertiary/aromatic N) is 7. The Morgan fingerprint density at radius 2 is 1.87 bits per heavy atom. The van der Waals surface area contributed by atoms with Gasteiger partial charge in [0.15, 0.2) is 5.82 Å². The van der Waals surface area contributed by atoms with Crippen LogP contribution in [0.5, 0.6) is 0 Å². The van der Waals surface area contributed by atoms with Crippen LogP contribution in [0.2, 0.25) is 5.02 Å². The van der Waals surface area contributed by atoms with Gasteiger partial charge >= 0.3 is 0 Å². The van der Waals surface area contributed by atoms with E-state index in [0.29, 0.717) is 35.0 Å². The van der Waals surface area contributed by atoms with Gasteiger partial charge in [-0.05, 0) is 55.8 Å². The van der Waals surface area contributed by atoms with Crippen LogP contribution in [0.4, 0.5) is 4.39 Å². The van der Waals surface area contributed by atoms with Crippen LogP contribution < -0.4 is 10.6 Å². The number of aromatic nitrogens is 5. The van der Waals surface area contributed by atoms with Gasteiger partial charge in [0.2, 0.25) is 5.91 Å². The van der Waals surface area contributed by atoms with E-state index in [1.807, 2.05) is 48.8 Å². The van der Waals surface area contributed by atoms with E-state index in [0.717, 1.165) is 49.5 Å². The van der Waals surface area contributed by atoms with Crippen LogP contribution in [0.1, 0.15) is 84.3 Å². The Balaban J connectivity index is 0.914. The van der Waals surface area contributed by atoms with Gasteiger partial charge in [-0.3, -0.25) is 38.7 Å². The zero-order valence-electron chi connectivity index (χ0n) is 29.5. The van der Waals surface area contributed by atoms with Crippen LogP contribution in [0, 0.1) is 25.7 Å². The van der Waals surface area contributed by atoms with Gasteiger partial charge in [0.1, 0.15) is 17.4 Å². The van der Waals surface area contributed by atoms with Crippen molar-refractivity contribution >= 4 is 52.3 Å². The first-order chi connectivity index (χ1) is 26.5. The van der Waals surface area contributed by atoms with E-state index in [-0.39, 0.29) is 24.1 Å². The van der Waals surface area contributed by atoms with Gasteiger partial charge in [-0.15, -0.1) is 21.5 Å². The topological polar surface area (TPSA) is 156 Å². The molecule has 13 nitrogen and oxygen atoms in total. The summed E-state index contributed by atoms with van der Waals surface area (Å²) in [6.45, 7) is 5.13. The number of thiophene rings is 1. The van der Waals surface area contributed by atoms with Crippen molar-refractivity contribution in [1.82, 2.24) is 40.1 Å².